The first kappa shape index (κ1) is 11.9. The molecule has 0 atom stereocenters. The Morgan fingerprint density at radius 1 is 1.46 bits per heavy atom. The predicted molar refractivity (Wildman–Crippen MR) is 56.5 cm³/mol. The number of allylic oxidation sites excluding steroid dienone is 4. The van der Waals surface area contributed by atoms with E-state index in [0.717, 1.165) is 32.2 Å². The summed E-state index contributed by atoms with van der Waals surface area (Å²) in [5.74, 6) is 0. The number of hydrogen-bond donors (Lipinski definition) is 1. The Labute approximate surface area is 80.7 Å². The molecule has 0 aromatic carbocycles. The van der Waals surface area contributed by atoms with E-state index in [2.05, 4.69) is 30.5 Å². The molecule has 0 spiro atoms. The molecule has 2 heteroatoms. The van der Waals surface area contributed by atoms with Gasteiger partial charge in [0.05, 0.1) is 0 Å². The quantitative estimate of drug-likeness (QED) is 0.365. The molecule has 0 rings (SSSR count). The van der Waals surface area contributed by atoms with Crippen molar-refractivity contribution in [3.63, 3.8) is 0 Å². The Balaban J connectivity index is 3.69. The molecule has 0 aliphatic heterocycles. The van der Waals surface area contributed by atoms with E-state index in [1.165, 1.54) is 5.57 Å². The lowest BCUT2D eigenvalue weighted by Gasteiger charge is -2.01. The summed E-state index contributed by atoms with van der Waals surface area (Å²) in [5, 5.41) is 2.66. The Morgan fingerprint density at radius 3 is 2.77 bits per heavy atom. The van der Waals surface area contributed by atoms with Gasteiger partial charge in [-0.1, -0.05) is 30.7 Å². The first-order valence-electron chi connectivity index (χ1n) is 4.83. The normalized spacial score (nSPS) is 12.0. The molecule has 0 heterocycles. The van der Waals surface area contributed by atoms with Crippen molar-refractivity contribution in [1.29, 1.82) is 0 Å². The highest BCUT2D eigenvalue weighted by Crippen LogP contribution is 2.07. The third-order valence-electron chi connectivity index (χ3n) is 1.72. The van der Waals surface area contributed by atoms with Crippen molar-refractivity contribution in [2.75, 3.05) is 6.54 Å². The van der Waals surface area contributed by atoms with Crippen molar-refractivity contribution < 1.29 is 4.79 Å². The van der Waals surface area contributed by atoms with E-state index < -0.39 is 0 Å². The van der Waals surface area contributed by atoms with E-state index in [0.29, 0.717) is 0 Å². The van der Waals surface area contributed by atoms with Crippen LogP contribution >= 0.6 is 0 Å². The molecule has 74 valence electrons. The van der Waals surface area contributed by atoms with Crippen LogP contribution in [0, 0.1) is 0 Å². The summed E-state index contributed by atoms with van der Waals surface area (Å²) in [5.41, 5.74) is 1.36. The summed E-state index contributed by atoms with van der Waals surface area (Å²) in [7, 11) is 0. The standard InChI is InChI=1S/C11H19NO/c1-3-6-11(7-4-2)8-5-9-12-10-13/h3,6-7,10H,4-5,8-9H2,1-2H3,(H,12,13)/b6-3-,11-7+. The van der Waals surface area contributed by atoms with Crippen LogP contribution in [0.25, 0.3) is 0 Å². The molecule has 1 amide bonds. The minimum absolute atomic E-state index is 0.749. The van der Waals surface area contributed by atoms with Gasteiger partial charge in [-0.05, 0) is 26.2 Å². The van der Waals surface area contributed by atoms with Crippen LogP contribution in [0.5, 0.6) is 0 Å². The smallest absolute Gasteiger partial charge is 0.207 e. The molecule has 0 radical (unpaired) electrons. The van der Waals surface area contributed by atoms with Gasteiger partial charge in [0.1, 0.15) is 0 Å². The van der Waals surface area contributed by atoms with Gasteiger partial charge < -0.3 is 5.32 Å². The van der Waals surface area contributed by atoms with Gasteiger partial charge in [0.2, 0.25) is 6.41 Å². The van der Waals surface area contributed by atoms with E-state index in [1.54, 1.807) is 0 Å². The van der Waals surface area contributed by atoms with Gasteiger partial charge >= 0.3 is 0 Å². The Kier molecular flexibility index (Phi) is 8.31. The largest absolute Gasteiger partial charge is 0.359 e. The average molecular weight is 181 g/mol. The summed E-state index contributed by atoms with van der Waals surface area (Å²) < 4.78 is 0. The zero-order chi connectivity index (χ0) is 9.94. The van der Waals surface area contributed by atoms with Crippen molar-refractivity contribution in [1.82, 2.24) is 5.32 Å². The van der Waals surface area contributed by atoms with E-state index >= 15 is 0 Å². The van der Waals surface area contributed by atoms with Crippen LogP contribution in [0.2, 0.25) is 0 Å². The maximum Gasteiger partial charge on any atom is 0.207 e. The second-order valence-corrected chi connectivity index (χ2v) is 2.86. The lowest BCUT2D eigenvalue weighted by molar-refractivity contribution is -0.109. The van der Waals surface area contributed by atoms with Crippen LogP contribution < -0.4 is 5.32 Å². The van der Waals surface area contributed by atoms with Gasteiger partial charge in [0.25, 0.3) is 0 Å². The van der Waals surface area contributed by atoms with Crippen LogP contribution in [0.15, 0.2) is 23.8 Å². The van der Waals surface area contributed by atoms with Crippen LogP contribution in [-0.4, -0.2) is 13.0 Å². The summed E-state index contributed by atoms with van der Waals surface area (Å²) in [4.78, 5) is 9.96. The summed E-state index contributed by atoms with van der Waals surface area (Å²) in [6.07, 6.45) is 10.3. The topological polar surface area (TPSA) is 29.1 Å². The van der Waals surface area contributed by atoms with Gasteiger partial charge in [-0.2, -0.15) is 0 Å². The monoisotopic (exact) mass is 181 g/mol. The van der Waals surface area contributed by atoms with Crippen molar-refractivity contribution in [2.24, 2.45) is 0 Å². The molecule has 0 saturated heterocycles. The zero-order valence-corrected chi connectivity index (χ0v) is 8.55. The average Bonchev–Trinajstić information content (AvgIpc) is 2.13. The maximum atomic E-state index is 9.96. The molecule has 0 aromatic rings. The molecule has 0 bridgehead atoms. The van der Waals surface area contributed by atoms with Gasteiger partial charge in [-0.15, -0.1) is 0 Å². The SMILES string of the molecule is C/C=C\C(=C/CC)CCCNC=O. The van der Waals surface area contributed by atoms with Crippen molar-refractivity contribution in [3.05, 3.63) is 23.8 Å². The van der Waals surface area contributed by atoms with Crippen molar-refractivity contribution in [3.8, 4) is 0 Å². The van der Waals surface area contributed by atoms with E-state index in [9.17, 15) is 4.79 Å². The Hall–Kier alpha value is -1.05. The van der Waals surface area contributed by atoms with Gasteiger partial charge in [-0.25, -0.2) is 0 Å². The highest BCUT2D eigenvalue weighted by molar-refractivity contribution is 5.45. The molecular weight excluding hydrogens is 162 g/mol. The highest BCUT2D eigenvalue weighted by atomic mass is 16.1. The Morgan fingerprint density at radius 2 is 2.23 bits per heavy atom. The molecule has 0 fully saturated rings. The first-order valence-corrected chi connectivity index (χ1v) is 4.83. The predicted octanol–water partition coefficient (Wildman–Crippen LogP) is 2.43. The molecular formula is C11H19NO. The van der Waals surface area contributed by atoms with Crippen molar-refractivity contribution in [2.45, 2.75) is 33.1 Å². The van der Waals surface area contributed by atoms with Crippen LogP contribution in [0.4, 0.5) is 0 Å². The number of rotatable bonds is 7. The third kappa shape index (κ3) is 7.32. The number of carbonyl (C=O) groups is 1. The molecule has 0 aliphatic rings. The number of amides is 1. The zero-order valence-electron chi connectivity index (χ0n) is 8.55. The minimum atomic E-state index is 0.749. The summed E-state index contributed by atoms with van der Waals surface area (Å²) >= 11 is 0. The summed E-state index contributed by atoms with van der Waals surface area (Å²) in [6, 6.07) is 0. The number of hydrogen-bond acceptors (Lipinski definition) is 1. The molecule has 0 saturated carbocycles. The molecule has 0 unspecified atom stereocenters. The fourth-order valence-electron chi connectivity index (χ4n) is 1.18. The molecule has 2 nitrogen and oxygen atoms in total. The summed E-state index contributed by atoms with van der Waals surface area (Å²) in [6.45, 7) is 4.92. The number of carbonyl (C=O) groups excluding carboxylic acids is 1. The van der Waals surface area contributed by atoms with Crippen molar-refractivity contribution >= 4 is 6.41 Å². The fourth-order valence-corrected chi connectivity index (χ4v) is 1.18. The fraction of sp³-hybridized carbons (Fsp3) is 0.545. The molecule has 1 N–H and O–H groups in total. The van der Waals surface area contributed by atoms with Gasteiger partial charge in [0.15, 0.2) is 0 Å². The lowest BCUT2D eigenvalue weighted by Crippen LogP contribution is -2.11. The Bertz CT molecular complexity index is 183. The minimum Gasteiger partial charge on any atom is -0.359 e. The second kappa shape index (κ2) is 9.04. The second-order valence-electron chi connectivity index (χ2n) is 2.86. The lowest BCUT2D eigenvalue weighted by atomic mass is 10.1. The molecule has 0 aliphatic carbocycles. The maximum absolute atomic E-state index is 9.96. The molecule has 13 heavy (non-hydrogen) atoms. The van der Waals surface area contributed by atoms with Gasteiger partial charge in [0, 0.05) is 6.54 Å². The van der Waals surface area contributed by atoms with Crippen LogP contribution in [-0.2, 0) is 4.79 Å². The highest BCUT2D eigenvalue weighted by Gasteiger charge is 1.91. The van der Waals surface area contributed by atoms with E-state index in [1.807, 2.05) is 6.92 Å². The van der Waals surface area contributed by atoms with Gasteiger partial charge in [-0.3, -0.25) is 4.79 Å². The van der Waals surface area contributed by atoms with E-state index in [-0.39, 0.29) is 0 Å². The molecule has 0 aromatic heterocycles. The van der Waals surface area contributed by atoms with E-state index in [4.69, 9.17) is 0 Å². The number of nitrogens with one attached hydrogen (secondary N) is 1. The van der Waals surface area contributed by atoms with Crippen LogP contribution in [0.1, 0.15) is 33.1 Å². The first-order chi connectivity index (χ1) is 6.35. The van der Waals surface area contributed by atoms with Crippen LogP contribution in [0.3, 0.4) is 0 Å². The third-order valence-corrected chi connectivity index (χ3v) is 1.72.